The van der Waals surface area contributed by atoms with Crippen LogP contribution in [0.2, 0.25) is 0 Å². The highest BCUT2D eigenvalue weighted by molar-refractivity contribution is 5.68. The first-order chi connectivity index (χ1) is 7.94. The van der Waals surface area contributed by atoms with Crippen molar-refractivity contribution in [1.82, 2.24) is 15.8 Å². The molecule has 1 fully saturated rings. The van der Waals surface area contributed by atoms with E-state index < -0.39 is 17.9 Å². The third-order valence-electron chi connectivity index (χ3n) is 2.07. The number of hydrazine groups is 1. The van der Waals surface area contributed by atoms with Crippen molar-refractivity contribution in [3.63, 3.8) is 0 Å². The molecule has 7 heteroatoms. The van der Waals surface area contributed by atoms with Gasteiger partial charge in [-0.15, -0.1) is 0 Å². The van der Waals surface area contributed by atoms with Crippen LogP contribution in [0.5, 0.6) is 0 Å². The van der Waals surface area contributed by atoms with E-state index in [0.717, 1.165) is 0 Å². The van der Waals surface area contributed by atoms with Gasteiger partial charge in [0, 0.05) is 6.54 Å². The molecule has 0 radical (unpaired) electrons. The number of carbonyl (C=O) groups excluding carboxylic acids is 2. The number of hydrogen-bond donors (Lipinski definition) is 2. The summed E-state index contributed by atoms with van der Waals surface area (Å²) in [5.74, 6) is 0. The Kier molecular flexibility index (Phi) is 4.71. The normalized spacial score (nSPS) is 20.9. The van der Waals surface area contributed by atoms with Gasteiger partial charge in [0.1, 0.15) is 11.8 Å². The first kappa shape index (κ1) is 13.7. The number of amides is 2. The van der Waals surface area contributed by atoms with Crippen LogP contribution in [0.15, 0.2) is 0 Å². The maximum Gasteiger partial charge on any atom is 0.411 e. The average Bonchev–Trinajstić information content (AvgIpc) is 2.24. The highest BCUT2D eigenvalue weighted by Crippen LogP contribution is 2.13. The molecule has 1 atom stereocenters. The smallest absolute Gasteiger partial charge is 0.411 e. The summed E-state index contributed by atoms with van der Waals surface area (Å²) < 4.78 is 10.5. The first-order valence-corrected chi connectivity index (χ1v) is 5.46. The fraction of sp³-hybridized carbons (Fsp3) is 0.800. The van der Waals surface area contributed by atoms with Gasteiger partial charge in [0.2, 0.25) is 6.41 Å². The van der Waals surface area contributed by atoms with E-state index in [9.17, 15) is 9.59 Å². The van der Waals surface area contributed by atoms with Crippen LogP contribution >= 0.6 is 0 Å². The number of ether oxygens (including phenoxy) is 2. The molecule has 0 unspecified atom stereocenters. The molecule has 0 aromatic rings. The minimum atomic E-state index is -0.544. The number of rotatable bonds is 3. The molecule has 17 heavy (non-hydrogen) atoms. The lowest BCUT2D eigenvalue weighted by Crippen LogP contribution is -2.59. The monoisotopic (exact) mass is 245 g/mol. The lowest BCUT2D eigenvalue weighted by atomic mass is 10.2. The molecular formula is C10H19N3O4. The van der Waals surface area contributed by atoms with Crippen LogP contribution in [-0.2, 0) is 14.3 Å². The number of nitrogens with one attached hydrogen (secondary N) is 2. The highest BCUT2D eigenvalue weighted by atomic mass is 16.6. The maximum atomic E-state index is 11.9. The van der Waals surface area contributed by atoms with E-state index in [0.29, 0.717) is 26.2 Å². The van der Waals surface area contributed by atoms with Crippen LogP contribution in [0.4, 0.5) is 4.79 Å². The van der Waals surface area contributed by atoms with E-state index in [1.54, 1.807) is 20.8 Å². The van der Waals surface area contributed by atoms with E-state index in [2.05, 4.69) is 10.9 Å². The highest BCUT2D eigenvalue weighted by Gasteiger charge is 2.30. The molecule has 0 bridgehead atoms. The number of hydrogen-bond acceptors (Lipinski definition) is 5. The molecule has 2 N–H and O–H groups in total. The van der Waals surface area contributed by atoms with Gasteiger partial charge in [-0.3, -0.25) is 15.1 Å². The number of morpholine rings is 1. The Morgan fingerprint density at radius 2 is 2.24 bits per heavy atom. The van der Waals surface area contributed by atoms with Gasteiger partial charge in [-0.05, 0) is 20.8 Å². The summed E-state index contributed by atoms with van der Waals surface area (Å²) in [6.07, 6.45) is -0.336. The van der Waals surface area contributed by atoms with Crippen LogP contribution in [0.1, 0.15) is 20.8 Å². The SMILES string of the molecule is CC(C)(C)OC(=O)N1CCOC[C@@H]1NNC=O. The lowest BCUT2D eigenvalue weighted by molar-refractivity contribution is -0.112. The minimum Gasteiger partial charge on any atom is -0.444 e. The van der Waals surface area contributed by atoms with Crippen molar-refractivity contribution in [1.29, 1.82) is 0 Å². The Morgan fingerprint density at radius 3 is 2.82 bits per heavy atom. The molecule has 1 aliphatic rings. The molecule has 1 heterocycles. The summed E-state index contributed by atoms with van der Waals surface area (Å²) >= 11 is 0. The van der Waals surface area contributed by atoms with Crippen LogP contribution in [-0.4, -0.2) is 48.9 Å². The molecule has 1 aliphatic heterocycles. The van der Waals surface area contributed by atoms with Gasteiger partial charge in [0.15, 0.2) is 0 Å². The van der Waals surface area contributed by atoms with Gasteiger partial charge in [0.05, 0.1) is 13.2 Å². The zero-order chi connectivity index (χ0) is 12.9. The Balaban J connectivity index is 2.57. The Hall–Kier alpha value is -1.34. The van der Waals surface area contributed by atoms with Crippen molar-refractivity contribution in [2.24, 2.45) is 0 Å². The van der Waals surface area contributed by atoms with Gasteiger partial charge < -0.3 is 9.47 Å². The third-order valence-corrected chi connectivity index (χ3v) is 2.07. The summed E-state index contributed by atoms with van der Waals surface area (Å²) in [6, 6.07) is 0. The Morgan fingerprint density at radius 1 is 1.53 bits per heavy atom. The Bertz CT molecular complexity index is 277. The summed E-state index contributed by atoms with van der Waals surface area (Å²) in [5, 5.41) is 0. The molecule has 0 aliphatic carbocycles. The van der Waals surface area contributed by atoms with Gasteiger partial charge in [-0.1, -0.05) is 0 Å². The molecule has 1 saturated heterocycles. The largest absolute Gasteiger partial charge is 0.444 e. The number of nitrogens with zero attached hydrogens (tertiary/aromatic N) is 1. The summed E-state index contributed by atoms with van der Waals surface area (Å²) in [7, 11) is 0. The van der Waals surface area contributed by atoms with Crippen LogP contribution in [0.3, 0.4) is 0 Å². The molecule has 7 nitrogen and oxygen atoms in total. The molecule has 0 aromatic heterocycles. The van der Waals surface area contributed by atoms with E-state index in [1.165, 1.54) is 4.90 Å². The quantitative estimate of drug-likeness (QED) is 0.533. The predicted octanol–water partition coefficient (Wildman–Crippen LogP) is -0.170. The minimum absolute atomic E-state index is 0.306. The standard InChI is InChI=1S/C10H19N3O4/c1-10(2,3)17-9(15)13-4-5-16-6-8(13)12-11-7-14/h7-8,12H,4-6H2,1-3H3,(H,11,14)/t8-/m1/s1. The average molecular weight is 245 g/mol. The van der Waals surface area contributed by atoms with E-state index in [4.69, 9.17) is 9.47 Å². The van der Waals surface area contributed by atoms with Crippen LogP contribution < -0.4 is 10.9 Å². The second-order valence-corrected chi connectivity index (χ2v) is 4.67. The predicted molar refractivity (Wildman–Crippen MR) is 59.9 cm³/mol. The second-order valence-electron chi connectivity index (χ2n) is 4.67. The van der Waals surface area contributed by atoms with Crippen molar-refractivity contribution in [2.75, 3.05) is 19.8 Å². The van der Waals surface area contributed by atoms with Crippen molar-refractivity contribution >= 4 is 12.5 Å². The van der Waals surface area contributed by atoms with E-state index in [-0.39, 0.29) is 0 Å². The fourth-order valence-corrected chi connectivity index (χ4v) is 1.39. The number of carbonyl (C=O) groups is 2. The summed E-state index contributed by atoms with van der Waals surface area (Å²) in [4.78, 5) is 23.6. The molecule has 0 saturated carbocycles. The van der Waals surface area contributed by atoms with E-state index >= 15 is 0 Å². The molecule has 0 aromatic carbocycles. The fourth-order valence-electron chi connectivity index (χ4n) is 1.39. The van der Waals surface area contributed by atoms with Crippen molar-refractivity contribution in [3.05, 3.63) is 0 Å². The molecule has 0 spiro atoms. The molecule has 2 amide bonds. The zero-order valence-electron chi connectivity index (χ0n) is 10.4. The van der Waals surface area contributed by atoms with Crippen LogP contribution in [0.25, 0.3) is 0 Å². The van der Waals surface area contributed by atoms with Gasteiger partial charge >= 0.3 is 6.09 Å². The second kappa shape index (κ2) is 5.83. The molecule has 98 valence electrons. The van der Waals surface area contributed by atoms with Crippen molar-refractivity contribution < 1.29 is 19.1 Å². The summed E-state index contributed by atoms with van der Waals surface area (Å²) in [6.45, 7) is 6.60. The van der Waals surface area contributed by atoms with Crippen LogP contribution in [0, 0.1) is 0 Å². The van der Waals surface area contributed by atoms with E-state index in [1.807, 2.05) is 0 Å². The van der Waals surface area contributed by atoms with Crippen molar-refractivity contribution in [2.45, 2.75) is 32.5 Å². The van der Waals surface area contributed by atoms with Crippen molar-refractivity contribution in [3.8, 4) is 0 Å². The van der Waals surface area contributed by atoms with Gasteiger partial charge in [0.25, 0.3) is 0 Å². The zero-order valence-corrected chi connectivity index (χ0v) is 10.4. The Labute approximate surface area is 100 Å². The molecule has 1 rings (SSSR count). The summed E-state index contributed by atoms with van der Waals surface area (Å²) in [5.41, 5.74) is 4.43. The van der Waals surface area contributed by atoms with Gasteiger partial charge in [-0.25, -0.2) is 10.2 Å². The lowest BCUT2D eigenvalue weighted by Gasteiger charge is -2.36. The third kappa shape index (κ3) is 4.58. The first-order valence-electron chi connectivity index (χ1n) is 5.46. The van der Waals surface area contributed by atoms with Gasteiger partial charge in [-0.2, -0.15) is 0 Å². The topological polar surface area (TPSA) is 79.9 Å². The maximum absolute atomic E-state index is 11.9. The molecular weight excluding hydrogens is 226 g/mol.